The minimum Gasteiger partial charge on any atom is -0.251 e. The maximum atomic E-state index is 12.2. The van der Waals surface area contributed by atoms with Crippen LogP contribution in [0.1, 0.15) is 26.2 Å². The lowest BCUT2D eigenvalue weighted by Gasteiger charge is -2.11. The Bertz CT molecular complexity index is 62.7. The molecular weight excluding hydrogens is 129 g/mol. The SMILES string of the molecule is CCCC(F)(F)CCF. The topological polar surface area (TPSA) is 0 Å². The Kier molecular flexibility index (Phi) is 3.66. The first-order valence-corrected chi connectivity index (χ1v) is 3.06. The van der Waals surface area contributed by atoms with Crippen molar-refractivity contribution in [3.63, 3.8) is 0 Å². The lowest BCUT2D eigenvalue weighted by atomic mass is 10.1. The van der Waals surface area contributed by atoms with E-state index in [1.54, 1.807) is 6.92 Å². The predicted molar refractivity (Wildman–Crippen MR) is 30.4 cm³/mol. The molecule has 0 saturated carbocycles. The summed E-state index contributed by atoms with van der Waals surface area (Å²) in [5.41, 5.74) is 0. The Labute approximate surface area is 53.1 Å². The zero-order valence-corrected chi connectivity index (χ0v) is 5.46. The Balaban J connectivity index is 3.43. The molecule has 0 nitrogen and oxygen atoms in total. The number of halogens is 3. The quantitative estimate of drug-likeness (QED) is 0.563. The molecule has 0 aromatic rings. The fourth-order valence-corrected chi connectivity index (χ4v) is 0.629. The molecule has 0 fully saturated rings. The van der Waals surface area contributed by atoms with Gasteiger partial charge in [-0.1, -0.05) is 13.3 Å². The summed E-state index contributed by atoms with van der Waals surface area (Å²) >= 11 is 0. The van der Waals surface area contributed by atoms with E-state index in [4.69, 9.17) is 0 Å². The maximum absolute atomic E-state index is 12.2. The first-order valence-electron chi connectivity index (χ1n) is 3.06. The average Bonchev–Trinajstić information content (AvgIpc) is 1.64. The molecule has 9 heavy (non-hydrogen) atoms. The molecule has 0 aliphatic carbocycles. The highest BCUT2D eigenvalue weighted by Crippen LogP contribution is 2.23. The molecule has 0 aliphatic heterocycles. The van der Waals surface area contributed by atoms with Crippen LogP contribution in [0.5, 0.6) is 0 Å². The minimum atomic E-state index is -2.77. The van der Waals surface area contributed by atoms with Gasteiger partial charge >= 0.3 is 0 Å². The standard InChI is InChI=1S/C6H11F3/c1-2-3-6(8,9)4-5-7/h2-5H2,1H3. The molecule has 0 saturated heterocycles. The zero-order chi connectivity index (χ0) is 7.33. The normalized spacial score (nSPS) is 12.0. The molecule has 56 valence electrons. The third-order valence-electron chi connectivity index (χ3n) is 1.08. The van der Waals surface area contributed by atoms with Crippen molar-refractivity contribution < 1.29 is 13.2 Å². The van der Waals surface area contributed by atoms with Crippen molar-refractivity contribution >= 4 is 0 Å². The Morgan fingerprint density at radius 2 is 1.78 bits per heavy atom. The van der Waals surface area contributed by atoms with Gasteiger partial charge in [-0.15, -0.1) is 0 Å². The van der Waals surface area contributed by atoms with Crippen LogP contribution in [-0.4, -0.2) is 12.6 Å². The van der Waals surface area contributed by atoms with Gasteiger partial charge in [0.2, 0.25) is 0 Å². The van der Waals surface area contributed by atoms with Crippen molar-refractivity contribution in [1.29, 1.82) is 0 Å². The third kappa shape index (κ3) is 4.30. The van der Waals surface area contributed by atoms with E-state index >= 15 is 0 Å². The van der Waals surface area contributed by atoms with E-state index in [0.717, 1.165) is 0 Å². The van der Waals surface area contributed by atoms with Crippen LogP contribution in [0.25, 0.3) is 0 Å². The Morgan fingerprint density at radius 3 is 2.11 bits per heavy atom. The molecule has 0 bridgehead atoms. The summed E-state index contributed by atoms with van der Waals surface area (Å²) in [6, 6.07) is 0. The van der Waals surface area contributed by atoms with Gasteiger partial charge in [0.25, 0.3) is 5.92 Å². The summed E-state index contributed by atoms with van der Waals surface area (Å²) in [5.74, 6) is -2.77. The number of alkyl halides is 3. The van der Waals surface area contributed by atoms with Crippen molar-refractivity contribution in [1.82, 2.24) is 0 Å². The fourth-order valence-electron chi connectivity index (χ4n) is 0.629. The summed E-state index contributed by atoms with van der Waals surface area (Å²) in [7, 11) is 0. The molecular formula is C6H11F3. The smallest absolute Gasteiger partial charge is 0.250 e. The lowest BCUT2D eigenvalue weighted by Crippen LogP contribution is -2.15. The third-order valence-corrected chi connectivity index (χ3v) is 1.08. The van der Waals surface area contributed by atoms with Crippen molar-refractivity contribution in [3.05, 3.63) is 0 Å². The van der Waals surface area contributed by atoms with Crippen molar-refractivity contribution in [2.75, 3.05) is 6.67 Å². The second-order valence-corrected chi connectivity index (χ2v) is 2.04. The molecule has 0 unspecified atom stereocenters. The molecule has 0 heterocycles. The van der Waals surface area contributed by atoms with Gasteiger partial charge in [0, 0.05) is 12.8 Å². The summed E-state index contributed by atoms with van der Waals surface area (Å²) in [5, 5.41) is 0. The lowest BCUT2D eigenvalue weighted by molar-refractivity contribution is -0.0217. The van der Waals surface area contributed by atoms with E-state index < -0.39 is 19.0 Å². The van der Waals surface area contributed by atoms with Gasteiger partial charge in [-0.2, -0.15) is 0 Å². The van der Waals surface area contributed by atoms with Gasteiger partial charge in [0.1, 0.15) is 0 Å². The molecule has 3 heteroatoms. The molecule has 0 aromatic heterocycles. The van der Waals surface area contributed by atoms with Crippen LogP contribution in [0.15, 0.2) is 0 Å². The molecule has 0 amide bonds. The second-order valence-electron chi connectivity index (χ2n) is 2.04. The van der Waals surface area contributed by atoms with E-state index in [1.165, 1.54) is 0 Å². The highest BCUT2D eigenvalue weighted by molar-refractivity contribution is 4.63. The van der Waals surface area contributed by atoms with Gasteiger partial charge in [0.15, 0.2) is 0 Å². The fraction of sp³-hybridized carbons (Fsp3) is 1.00. The van der Waals surface area contributed by atoms with Crippen LogP contribution in [0.2, 0.25) is 0 Å². The molecule has 0 N–H and O–H groups in total. The highest BCUT2D eigenvalue weighted by Gasteiger charge is 2.26. The first kappa shape index (κ1) is 8.79. The molecule has 0 atom stereocenters. The van der Waals surface area contributed by atoms with Crippen LogP contribution in [0, 0.1) is 0 Å². The van der Waals surface area contributed by atoms with E-state index in [9.17, 15) is 13.2 Å². The number of hydrogen-bond acceptors (Lipinski definition) is 0. The number of hydrogen-bond donors (Lipinski definition) is 0. The van der Waals surface area contributed by atoms with Crippen LogP contribution in [0.4, 0.5) is 13.2 Å². The van der Waals surface area contributed by atoms with Gasteiger partial charge < -0.3 is 0 Å². The molecule has 0 aliphatic rings. The predicted octanol–water partition coefficient (Wildman–Crippen LogP) is 2.78. The average molecular weight is 140 g/mol. The number of rotatable bonds is 4. The Morgan fingerprint density at radius 1 is 1.22 bits per heavy atom. The molecule has 0 radical (unpaired) electrons. The van der Waals surface area contributed by atoms with E-state index in [-0.39, 0.29) is 6.42 Å². The minimum absolute atomic E-state index is 0.198. The first-order chi connectivity index (χ1) is 4.12. The largest absolute Gasteiger partial charge is 0.251 e. The van der Waals surface area contributed by atoms with Crippen LogP contribution in [-0.2, 0) is 0 Å². The van der Waals surface area contributed by atoms with Crippen LogP contribution in [0.3, 0.4) is 0 Å². The monoisotopic (exact) mass is 140 g/mol. The van der Waals surface area contributed by atoms with Gasteiger partial charge in [-0.25, -0.2) is 8.78 Å². The van der Waals surface area contributed by atoms with Gasteiger partial charge in [-0.3, -0.25) is 4.39 Å². The van der Waals surface area contributed by atoms with Gasteiger partial charge in [-0.05, 0) is 0 Å². The van der Waals surface area contributed by atoms with E-state index in [1.807, 2.05) is 0 Å². The molecule has 0 aromatic carbocycles. The van der Waals surface area contributed by atoms with Crippen molar-refractivity contribution in [2.45, 2.75) is 32.1 Å². The van der Waals surface area contributed by atoms with Crippen LogP contribution < -0.4 is 0 Å². The van der Waals surface area contributed by atoms with Crippen molar-refractivity contribution in [2.24, 2.45) is 0 Å². The van der Waals surface area contributed by atoms with E-state index in [0.29, 0.717) is 6.42 Å². The molecule has 0 rings (SSSR count). The maximum Gasteiger partial charge on any atom is 0.250 e. The molecule has 0 spiro atoms. The summed E-state index contributed by atoms with van der Waals surface area (Å²) in [6.07, 6.45) is -0.412. The highest BCUT2D eigenvalue weighted by atomic mass is 19.3. The second kappa shape index (κ2) is 3.75. The zero-order valence-electron chi connectivity index (χ0n) is 5.46. The van der Waals surface area contributed by atoms with Gasteiger partial charge in [0.05, 0.1) is 6.67 Å². The summed E-state index contributed by atoms with van der Waals surface area (Å²) in [4.78, 5) is 0. The summed E-state index contributed by atoms with van der Waals surface area (Å²) < 4.78 is 35.7. The van der Waals surface area contributed by atoms with Crippen molar-refractivity contribution in [3.8, 4) is 0 Å². The van der Waals surface area contributed by atoms with Crippen LogP contribution >= 0.6 is 0 Å². The van der Waals surface area contributed by atoms with E-state index in [2.05, 4.69) is 0 Å². The summed E-state index contributed by atoms with van der Waals surface area (Å²) in [6.45, 7) is 0.735. The Hall–Kier alpha value is -0.210.